The Morgan fingerprint density at radius 2 is 2.12 bits per heavy atom. The van der Waals surface area contributed by atoms with Gasteiger partial charge in [-0.15, -0.1) is 11.8 Å². The van der Waals surface area contributed by atoms with E-state index in [1.165, 1.54) is 36.1 Å². The van der Waals surface area contributed by atoms with Crippen LogP contribution in [0.3, 0.4) is 0 Å². The number of aliphatic imine (C=N–C) groups is 1. The fraction of sp³-hybridized carbons (Fsp3) is 0.650. The number of fused-ring (bicyclic) bond motifs is 2. The maximum Gasteiger partial charge on any atom is 0.193 e. The van der Waals surface area contributed by atoms with E-state index in [1.54, 1.807) is 11.8 Å². The molecule has 0 bridgehead atoms. The molecule has 3 unspecified atom stereocenters. The van der Waals surface area contributed by atoms with E-state index in [0.717, 1.165) is 19.1 Å². The zero-order valence-corrected chi connectivity index (χ0v) is 16.3. The number of nitrogens with zero attached hydrogens (tertiary/aromatic N) is 2. The normalized spacial score (nSPS) is 29.7. The first-order valence-corrected chi connectivity index (χ1v) is 10.6. The van der Waals surface area contributed by atoms with Crippen LogP contribution in [0.15, 0.2) is 34.2 Å². The highest BCUT2D eigenvalue weighted by Crippen LogP contribution is 2.62. The molecule has 1 aliphatic heterocycles. The van der Waals surface area contributed by atoms with Gasteiger partial charge in [-0.25, -0.2) is 0 Å². The Morgan fingerprint density at radius 3 is 2.72 bits per heavy atom. The second kappa shape index (κ2) is 6.84. The first-order chi connectivity index (χ1) is 12.2. The number of benzene rings is 1. The van der Waals surface area contributed by atoms with Gasteiger partial charge in [0.25, 0.3) is 0 Å². The highest BCUT2D eigenvalue weighted by Gasteiger charge is 2.66. The molecule has 1 spiro atoms. The SMILES string of the molecule is CN=C(NC1C2CCOC2C12CCC2)N(C)Cc1ccc(SC)cc1. The van der Waals surface area contributed by atoms with Gasteiger partial charge >= 0.3 is 0 Å². The van der Waals surface area contributed by atoms with Gasteiger partial charge in [-0.05, 0) is 43.2 Å². The van der Waals surface area contributed by atoms with Gasteiger partial charge in [0.2, 0.25) is 0 Å². The first-order valence-electron chi connectivity index (χ1n) is 9.37. The van der Waals surface area contributed by atoms with Crippen LogP contribution in [0.1, 0.15) is 31.2 Å². The summed E-state index contributed by atoms with van der Waals surface area (Å²) in [5.74, 6) is 1.68. The smallest absolute Gasteiger partial charge is 0.193 e. The summed E-state index contributed by atoms with van der Waals surface area (Å²) in [6.45, 7) is 1.81. The zero-order chi connectivity index (χ0) is 17.4. The number of thioether (sulfide) groups is 1. The van der Waals surface area contributed by atoms with E-state index in [4.69, 9.17) is 4.74 Å². The van der Waals surface area contributed by atoms with Gasteiger partial charge in [0.15, 0.2) is 5.96 Å². The van der Waals surface area contributed by atoms with Crippen molar-refractivity contribution in [1.29, 1.82) is 0 Å². The van der Waals surface area contributed by atoms with E-state index in [1.807, 2.05) is 7.05 Å². The lowest BCUT2D eigenvalue weighted by Crippen LogP contribution is -2.72. The molecule has 2 aliphatic carbocycles. The van der Waals surface area contributed by atoms with Gasteiger partial charge in [-0.2, -0.15) is 0 Å². The average molecular weight is 360 g/mol. The van der Waals surface area contributed by atoms with Crippen LogP contribution in [-0.2, 0) is 11.3 Å². The summed E-state index contributed by atoms with van der Waals surface area (Å²) in [4.78, 5) is 8.11. The van der Waals surface area contributed by atoms with E-state index in [9.17, 15) is 0 Å². The lowest BCUT2D eigenvalue weighted by atomic mass is 9.46. The van der Waals surface area contributed by atoms with Crippen molar-refractivity contribution in [3.63, 3.8) is 0 Å². The molecule has 3 fully saturated rings. The molecule has 1 aromatic carbocycles. The Balaban J connectivity index is 1.41. The molecular formula is C20H29N3OS. The number of guanidine groups is 1. The van der Waals surface area contributed by atoms with Crippen LogP contribution in [-0.4, -0.2) is 50.0 Å². The Kier molecular flexibility index (Phi) is 4.71. The number of nitrogens with one attached hydrogen (secondary N) is 1. The third-order valence-corrected chi connectivity index (χ3v) is 7.22. The van der Waals surface area contributed by atoms with Crippen LogP contribution in [0.5, 0.6) is 0 Å². The van der Waals surface area contributed by atoms with Crippen LogP contribution in [0.25, 0.3) is 0 Å². The summed E-state index contributed by atoms with van der Waals surface area (Å²) >= 11 is 1.78. The molecule has 25 heavy (non-hydrogen) atoms. The van der Waals surface area contributed by atoms with Crippen molar-refractivity contribution in [2.75, 3.05) is 27.0 Å². The van der Waals surface area contributed by atoms with Gasteiger partial charge in [-0.3, -0.25) is 4.99 Å². The van der Waals surface area contributed by atoms with Crippen molar-refractivity contribution in [2.24, 2.45) is 16.3 Å². The minimum atomic E-state index is 0.387. The Morgan fingerprint density at radius 1 is 1.36 bits per heavy atom. The lowest BCUT2D eigenvalue weighted by molar-refractivity contribution is -0.171. The number of ether oxygens (including phenoxy) is 1. The molecule has 136 valence electrons. The molecule has 5 heteroatoms. The van der Waals surface area contributed by atoms with Crippen molar-refractivity contribution in [2.45, 2.75) is 49.3 Å². The topological polar surface area (TPSA) is 36.9 Å². The van der Waals surface area contributed by atoms with Crippen molar-refractivity contribution < 1.29 is 4.74 Å². The number of hydrogen-bond donors (Lipinski definition) is 1. The Labute approximate surface area is 155 Å². The standard InChI is InChI=1S/C20H29N3OS/c1-21-19(23(2)13-14-5-7-15(25-3)8-6-14)22-17-16-9-12-24-18(16)20(17)10-4-11-20/h5-8,16-18H,4,9-13H2,1-3H3,(H,21,22). The van der Waals surface area contributed by atoms with Crippen LogP contribution < -0.4 is 5.32 Å². The summed E-state index contributed by atoms with van der Waals surface area (Å²) < 4.78 is 6.04. The monoisotopic (exact) mass is 359 g/mol. The van der Waals surface area contributed by atoms with Crippen molar-refractivity contribution in [1.82, 2.24) is 10.2 Å². The predicted octanol–water partition coefficient (Wildman–Crippen LogP) is 3.37. The van der Waals surface area contributed by atoms with Gasteiger partial charge in [0.1, 0.15) is 0 Å². The summed E-state index contributed by atoms with van der Waals surface area (Å²) in [6.07, 6.45) is 7.77. The molecule has 3 atom stereocenters. The molecule has 1 N–H and O–H groups in total. The molecule has 4 nitrogen and oxygen atoms in total. The summed E-state index contributed by atoms with van der Waals surface area (Å²) in [5.41, 5.74) is 1.70. The summed E-state index contributed by atoms with van der Waals surface area (Å²) in [5, 5.41) is 3.80. The average Bonchev–Trinajstić information content (AvgIpc) is 3.00. The van der Waals surface area contributed by atoms with E-state index in [0.29, 0.717) is 23.5 Å². The van der Waals surface area contributed by atoms with E-state index < -0.39 is 0 Å². The molecule has 4 rings (SSSR count). The van der Waals surface area contributed by atoms with Gasteiger partial charge in [0, 0.05) is 49.5 Å². The molecule has 3 aliphatic rings. The molecule has 1 saturated heterocycles. The molecule has 1 heterocycles. The van der Waals surface area contributed by atoms with Crippen molar-refractivity contribution in [3.8, 4) is 0 Å². The number of rotatable bonds is 4. The number of hydrogen-bond acceptors (Lipinski definition) is 3. The zero-order valence-electron chi connectivity index (χ0n) is 15.5. The first kappa shape index (κ1) is 17.2. The van der Waals surface area contributed by atoms with Gasteiger partial charge in [0.05, 0.1) is 6.10 Å². The van der Waals surface area contributed by atoms with Gasteiger partial charge < -0.3 is 15.0 Å². The van der Waals surface area contributed by atoms with E-state index >= 15 is 0 Å². The maximum atomic E-state index is 6.04. The maximum absolute atomic E-state index is 6.04. The van der Waals surface area contributed by atoms with Gasteiger partial charge in [-0.1, -0.05) is 18.6 Å². The van der Waals surface area contributed by atoms with Crippen LogP contribution in [0.2, 0.25) is 0 Å². The highest BCUT2D eigenvalue weighted by atomic mass is 32.2. The molecule has 0 radical (unpaired) electrons. The van der Waals surface area contributed by atoms with Crippen LogP contribution in [0.4, 0.5) is 0 Å². The Bertz CT molecular complexity index is 641. The largest absolute Gasteiger partial charge is 0.377 e. The van der Waals surface area contributed by atoms with E-state index in [-0.39, 0.29) is 0 Å². The second-order valence-electron chi connectivity index (χ2n) is 7.70. The van der Waals surface area contributed by atoms with Crippen LogP contribution >= 0.6 is 11.8 Å². The lowest BCUT2D eigenvalue weighted by Gasteiger charge is -2.63. The van der Waals surface area contributed by atoms with Crippen molar-refractivity contribution >= 4 is 17.7 Å². The fourth-order valence-corrected chi connectivity index (χ4v) is 5.43. The predicted molar refractivity (Wildman–Crippen MR) is 104 cm³/mol. The van der Waals surface area contributed by atoms with Crippen LogP contribution in [0, 0.1) is 11.3 Å². The summed E-state index contributed by atoms with van der Waals surface area (Å²) in [7, 11) is 4.02. The third kappa shape index (κ3) is 2.85. The van der Waals surface area contributed by atoms with E-state index in [2.05, 4.69) is 52.8 Å². The molecule has 2 saturated carbocycles. The minimum Gasteiger partial charge on any atom is -0.377 e. The van der Waals surface area contributed by atoms with Crippen molar-refractivity contribution in [3.05, 3.63) is 29.8 Å². The second-order valence-corrected chi connectivity index (χ2v) is 8.58. The Hall–Kier alpha value is -1.20. The fourth-order valence-electron chi connectivity index (χ4n) is 5.02. The molecule has 1 aromatic rings. The highest BCUT2D eigenvalue weighted by molar-refractivity contribution is 7.98. The third-order valence-electron chi connectivity index (χ3n) is 6.47. The molecule has 0 aromatic heterocycles. The molecular weight excluding hydrogens is 330 g/mol. The minimum absolute atomic E-state index is 0.387. The molecule has 0 amide bonds. The summed E-state index contributed by atoms with van der Waals surface area (Å²) in [6, 6.07) is 9.36. The quantitative estimate of drug-likeness (QED) is 0.508.